The van der Waals surface area contributed by atoms with E-state index < -0.39 is 17.1 Å². The van der Waals surface area contributed by atoms with E-state index in [2.05, 4.69) is 15.4 Å². The summed E-state index contributed by atoms with van der Waals surface area (Å²) < 4.78 is 7.21. The van der Waals surface area contributed by atoms with E-state index in [4.69, 9.17) is 4.42 Å². The number of carbonyl (C=O) groups excluding carboxylic acids is 1. The molecule has 8 heteroatoms. The Balaban J connectivity index is 1.63. The molecule has 4 rings (SSSR count). The summed E-state index contributed by atoms with van der Waals surface area (Å²) in [6.45, 7) is 8.79. The molecule has 0 aliphatic heterocycles. The number of oxazole rings is 1. The summed E-state index contributed by atoms with van der Waals surface area (Å²) in [6.07, 6.45) is 4.20. The van der Waals surface area contributed by atoms with Gasteiger partial charge in [0.1, 0.15) is 6.26 Å². The average molecular weight is 463 g/mol. The van der Waals surface area contributed by atoms with Crippen LogP contribution in [0.5, 0.6) is 0 Å². The van der Waals surface area contributed by atoms with Crippen molar-refractivity contribution in [2.24, 2.45) is 0 Å². The molecule has 0 fully saturated rings. The molecule has 0 bridgehead atoms. The summed E-state index contributed by atoms with van der Waals surface area (Å²) in [6, 6.07) is 11.4. The molecule has 0 aliphatic rings. The Labute approximate surface area is 198 Å². The highest BCUT2D eigenvalue weighted by atomic mass is 16.3. The Hall–Kier alpha value is -3.49. The first-order valence-corrected chi connectivity index (χ1v) is 11.2. The summed E-state index contributed by atoms with van der Waals surface area (Å²) in [7, 11) is 0. The van der Waals surface area contributed by atoms with Gasteiger partial charge in [-0.2, -0.15) is 5.10 Å². The van der Waals surface area contributed by atoms with Gasteiger partial charge in [-0.1, -0.05) is 17.7 Å². The van der Waals surface area contributed by atoms with Gasteiger partial charge in [0, 0.05) is 17.3 Å². The van der Waals surface area contributed by atoms with E-state index in [0.29, 0.717) is 30.0 Å². The monoisotopic (exact) mass is 462 g/mol. The molecule has 0 saturated heterocycles. The Kier molecular flexibility index (Phi) is 6.05. The fourth-order valence-electron chi connectivity index (χ4n) is 3.71. The fraction of sp³-hybridized carbons (Fsp3) is 0.346. The van der Waals surface area contributed by atoms with Crippen molar-refractivity contribution in [3.05, 3.63) is 71.4 Å². The van der Waals surface area contributed by atoms with Gasteiger partial charge in [-0.25, -0.2) is 9.50 Å². The fourth-order valence-corrected chi connectivity index (χ4v) is 3.71. The van der Waals surface area contributed by atoms with Crippen LogP contribution in [0, 0.1) is 6.92 Å². The van der Waals surface area contributed by atoms with Crippen LogP contribution in [0.15, 0.2) is 53.3 Å². The maximum absolute atomic E-state index is 13.0. The van der Waals surface area contributed by atoms with E-state index in [0.717, 1.165) is 22.3 Å². The van der Waals surface area contributed by atoms with E-state index >= 15 is 0 Å². The summed E-state index contributed by atoms with van der Waals surface area (Å²) in [5, 5.41) is 28.2. The topological polar surface area (TPSA) is 113 Å². The van der Waals surface area contributed by atoms with Gasteiger partial charge >= 0.3 is 0 Å². The van der Waals surface area contributed by atoms with E-state index in [1.165, 1.54) is 6.26 Å². The minimum atomic E-state index is -1.23. The van der Waals surface area contributed by atoms with E-state index in [1.807, 2.05) is 37.3 Å². The lowest BCUT2D eigenvalue weighted by Gasteiger charge is -2.22. The standard InChI is InChI=1S/C26H30N4O4/c1-16-7-6-8-17(11-16)24-28-22(15-34-24)23(31)27-21-13-19-12-18(9-10-25(2,3)32)29-30(19)14-20(21)26(4,5)33/h6-8,11-15,32-33H,9-10H2,1-5H3,(H,27,31). The summed E-state index contributed by atoms with van der Waals surface area (Å²) in [4.78, 5) is 17.3. The molecule has 178 valence electrons. The highest BCUT2D eigenvalue weighted by molar-refractivity contribution is 6.03. The smallest absolute Gasteiger partial charge is 0.277 e. The first-order valence-electron chi connectivity index (χ1n) is 11.2. The Morgan fingerprint density at radius 3 is 2.59 bits per heavy atom. The number of amides is 1. The van der Waals surface area contributed by atoms with Gasteiger partial charge in [0.05, 0.1) is 28.1 Å². The van der Waals surface area contributed by atoms with E-state index in [9.17, 15) is 15.0 Å². The van der Waals surface area contributed by atoms with Gasteiger partial charge < -0.3 is 19.9 Å². The second-order valence-corrected chi connectivity index (χ2v) is 9.84. The summed E-state index contributed by atoms with van der Waals surface area (Å²) in [5.41, 5.74) is 2.50. The number of anilines is 1. The predicted molar refractivity (Wildman–Crippen MR) is 130 cm³/mol. The van der Waals surface area contributed by atoms with Crippen LogP contribution in [0.2, 0.25) is 0 Å². The molecule has 4 aromatic rings. The maximum atomic E-state index is 13.0. The lowest BCUT2D eigenvalue weighted by Crippen LogP contribution is -2.22. The molecule has 0 spiro atoms. The third kappa shape index (κ3) is 5.35. The van der Waals surface area contributed by atoms with Gasteiger partial charge in [-0.15, -0.1) is 0 Å². The van der Waals surface area contributed by atoms with Crippen molar-refractivity contribution in [1.82, 2.24) is 14.6 Å². The van der Waals surface area contributed by atoms with E-state index in [1.54, 1.807) is 44.5 Å². The van der Waals surface area contributed by atoms with E-state index in [-0.39, 0.29) is 5.69 Å². The molecule has 3 aromatic heterocycles. The van der Waals surface area contributed by atoms with Crippen molar-refractivity contribution in [1.29, 1.82) is 0 Å². The molecule has 1 amide bonds. The molecule has 0 aliphatic carbocycles. The molecule has 0 atom stereocenters. The second kappa shape index (κ2) is 8.70. The van der Waals surface area contributed by atoms with Crippen molar-refractivity contribution in [2.45, 2.75) is 58.7 Å². The Morgan fingerprint density at radius 1 is 1.15 bits per heavy atom. The first-order chi connectivity index (χ1) is 15.9. The van der Waals surface area contributed by atoms with Crippen LogP contribution in [0.25, 0.3) is 17.0 Å². The number of nitrogens with one attached hydrogen (secondary N) is 1. The number of hydrogen-bond donors (Lipinski definition) is 3. The number of aromatic nitrogens is 3. The third-order valence-corrected chi connectivity index (χ3v) is 5.55. The molecular formula is C26H30N4O4. The largest absolute Gasteiger partial charge is 0.444 e. The molecular weight excluding hydrogens is 432 g/mol. The van der Waals surface area contributed by atoms with Crippen LogP contribution in [0.3, 0.4) is 0 Å². The Morgan fingerprint density at radius 2 is 1.91 bits per heavy atom. The minimum Gasteiger partial charge on any atom is -0.444 e. The highest BCUT2D eigenvalue weighted by Crippen LogP contribution is 2.30. The SMILES string of the molecule is Cc1cccc(-c2nc(C(=O)Nc3cc4cc(CCC(C)(C)O)nn4cc3C(C)(C)O)co2)c1. The number of aryl methyl sites for hydroxylation is 2. The van der Waals surface area contributed by atoms with Gasteiger partial charge in [0.25, 0.3) is 5.91 Å². The molecule has 0 saturated carbocycles. The number of benzene rings is 1. The van der Waals surface area contributed by atoms with Crippen molar-refractivity contribution in [3.63, 3.8) is 0 Å². The normalized spacial score (nSPS) is 12.3. The van der Waals surface area contributed by atoms with Crippen molar-refractivity contribution in [3.8, 4) is 11.5 Å². The van der Waals surface area contributed by atoms with Crippen LogP contribution in [-0.4, -0.2) is 36.3 Å². The predicted octanol–water partition coefficient (Wildman–Crippen LogP) is 4.48. The summed E-state index contributed by atoms with van der Waals surface area (Å²) in [5.74, 6) is -0.0847. The van der Waals surface area contributed by atoms with Gasteiger partial charge in [0.2, 0.25) is 5.89 Å². The zero-order valence-electron chi connectivity index (χ0n) is 20.1. The number of aliphatic hydroxyl groups is 2. The van der Waals surface area contributed by atoms with Crippen LogP contribution < -0.4 is 5.32 Å². The van der Waals surface area contributed by atoms with Crippen LogP contribution in [0.4, 0.5) is 5.69 Å². The van der Waals surface area contributed by atoms with Crippen molar-refractivity contribution in [2.75, 3.05) is 5.32 Å². The molecule has 1 aromatic carbocycles. The number of pyridine rings is 1. The van der Waals surface area contributed by atoms with Crippen LogP contribution >= 0.6 is 0 Å². The number of nitrogens with zero attached hydrogens (tertiary/aromatic N) is 3. The van der Waals surface area contributed by atoms with Gasteiger partial charge in [-0.3, -0.25) is 4.79 Å². The van der Waals surface area contributed by atoms with Gasteiger partial charge in [0.15, 0.2) is 5.69 Å². The zero-order valence-corrected chi connectivity index (χ0v) is 20.1. The van der Waals surface area contributed by atoms with Gasteiger partial charge in [-0.05, 0) is 71.7 Å². The average Bonchev–Trinajstić information content (AvgIpc) is 3.37. The number of fused-ring (bicyclic) bond motifs is 1. The van der Waals surface area contributed by atoms with Crippen LogP contribution in [-0.2, 0) is 12.0 Å². The number of hydrogen-bond acceptors (Lipinski definition) is 6. The minimum absolute atomic E-state index is 0.137. The molecule has 3 N–H and O–H groups in total. The first kappa shape index (κ1) is 23.7. The molecule has 0 radical (unpaired) electrons. The number of carbonyl (C=O) groups is 1. The summed E-state index contributed by atoms with van der Waals surface area (Å²) >= 11 is 0. The maximum Gasteiger partial charge on any atom is 0.277 e. The highest BCUT2D eigenvalue weighted by Gasteiger charge is 2.24. The molecule has 0 unspecified atom stereocenters. The molecule has 34 heavy (non-hydrogen) atoms. The second-order valence-electron chi connectivity index (χ2n) is 9.84. The quantitative estimate of drug-likeness (QED) is 0.373. The molecule has 3 heterocycles. The Bertz CT molecular complexity index is 1340. The van der Waals surface area contributed by atoms with Crippen molar-refractivity contribution >= 4 is 17.1 Å². The van der Waals surface area contributed by atoms with Crippen molar-refractivity contribution < 1.29 is 19.4 Å². The van der Waals surface area contributed by atoms with Crippen LogP contribution in [0.1, 0.15) is 61.4 Å². The molecule has 8 nitrogen and oxygen atoms in total. The third-order valence-electron chi connectivity index (χ3n) is 5.55. The lowest BCUT2D eigenvalue weighted by atomic mass is 9.98. The zero-order chi connectivity index (χ0) is 24.7. The lowest BCUT2D eigenvalue weighted by molar-refractivity contribution is 0.0711. The number of rotatable bonds is 7.